The molecule has 0 bridgehead atoms. The third-order valence-corrected chi connectivity index (χ3v) is 9.61. The molecule has 2 unspecified atom stereocenters. The smallest absolute Gasteiger partial charge is 0.226 e. The van der Waals surface area contributed by atoms with Gasteiger partial charge in [-0.25, -0.2) is 0 Å². The zero-order chi connectivity index (χ0) is 33.1. The predicted molar refractivity (Wildman–Crippen MR) is 188 cm³/mol. The van der Waals surface area contributed by atoms with Crippen molar-refractivity contribution in [2.24, 2.45) is 11.8 Å². The molecule has 2 atom stereocenters. The van der Waals surface area contributed by atoms with Crippen molar-refractivity contribution in [1.29, 1.82) is 0 Å². The summed E-state index contributed by atoms with van der Waals surface area (Å²) < 4.78 is 0. The first-order valence-electron chi connectivity index (χ1n) is 17.6. The lowest BCUT2D eigenvalue weighted by Crippen LogP contribution is -2.41. The fourth-order valence-electron chi connectivity index (χ4n) is 7.24. The molecule has 46 heavy (non-hydrogen) atoms. The molecule has 248 valence electrons. The van der Waals surface area contributed by atoms with Gasteiger partial charge in [0.05, 0.1) is 11.7 Å². The Hall–Kier alpha value is -3.38. The molecule has 2 aromatic heterocycles. The number of hydrogen-bond acceptors (Lipinski definition) is 5. The number of carbonyl (C=O) groups excluding carboxylic acids is 2. The number of benzene rings is 1. The van der Waals surface area contributed by atoms with Crippen molar-refractivity contribution in [1.82, 2.24) is 19.8 Å². The number of Topliss-reactive ketones (excluding diaryl/α,β-unsaturated/α-hetero) is 1. The number of rotatable bonds is 11. The second-order valence-electron chi connectivity index (χ2n) is 13.9. The quantitative estimate of drug-likeness (QED) is 0.215. The van der Waals surface area contributed by atoms with Gasteiger partial charge in [-0.2, -0.15) is 0 Å². The molecule has 0 spiro atoms. The van der Waals surface area contributed by atoms with Crippen LogP contribution < -0.4 is 0 Å². The minimum atomic E-state index is -0.130. The Labute approximate surface area is 278 Å². The van der Waals surface area contributed by atoms with E-state index in [4.69, 9.17) is 4.98 Å². The van der Waals surface area contributed by atoms with Gasteiger partial charge in [0.25, 0.3) is 0 Å². The third-order valence-electron chi connectivity index (χ3n) is 9.61. The summed E-state index contributed by atoms with van der Waals surface area (Å²) in [5.74, 6) is 1.25. The van der Waals surface area contributed by atoms with E-state index in [9.17, 15) is 9.59 Å². The fraction of sp³-hybridized carbons (Fsp3) is 0.550. The number of pyridine rings is 2. The maximum atomic E-state index is 13.4. The zero-order valence-corrected chi connectivity index (χ0v) is 29.2. The first kappa shape index (κ1) is 35.5. The lowest BCUT2D eigenvalue weighted by Gasteiger charge is -2.35. The Morgan fingerprint density at radius 2 is 1.72 bits per heavy atom. The molecule has 2 heterocycles. The minimum Gasteiger partial charge on any atom is -0.341 e. The largest absolute Gasteiger partial charge is 0.341 e. The third kappa shape index (κ3) is 10.1. The van der Waals surface area contributed by atoms with Gasteiger partial charge in [-0.3, -0.25) is 19.7 Å². The molecule has 1 fully saturated rings. The normalized spacial score (nSPS) is 16.8. The summed E-state index contributed by atoms with van der Waals surface area (Å²) in [6, 6.07) is 13.1. The molecule has 2 aliphatic carbocycles. The molecular formula is C40H56N4O2. The van der Waals surface area contributed by atoms with E-state index in [-0.39, 0.29) is 17.9 Å². The lowest BCUT2D eigenvalue weighted by molar-refractivity contribution is -0.135. The van der Waals surface area contributed by atoms with E-state index in [2.05, 4.69) is 61.8 Å². The Morgan fingerprint density at radius 3 is 2.41 bits per heavy atom. The first-order valence-corrected chi connectivity index (χ1v) is 17.6. The molecule has 0 aliphatic heterocycles. The summed E-state index contributed by atoms with van der Waals surface area (Å²) in [7, 11) is 1.89. The molecule has 3 aromatic rings. The summed E-state index contributed by atoms with van der Waals surface area (Å²) in [6.45, 7) is 12.4. The second-order valence-corrected chi connectivity index (χ2v) is 13.9. The van der Waals surface area contributed by atoms with Crippen molar-refractivity contribution in [2.45, 2.75) is 111 Å². The Morgan fingerprint density at radius 1 is 0.978 bits per heavy atom. The molecule has 1 amide bonds. The highest BCUT2D eigenvalue weighted by atomic mass is 16.2. The standard InChI is InChI=1S/C30H38N4O.C10H18O/c1-6-14-34(19-23(4)30(35)33(5)20-24-8-7-13-31-18-24)29-27-12-9-21(2)15-25(27)10-11-26-16-22(3)17-32-28(26)29;1-9(11)7-8-10-5-3-2-4-6-10/h7-9,12-13,15-18,23,29H,6,10-11,14,19-20H2,1-5H3;10H,2-8H2,1H3. The van der Waals surface area contributed by atoms with Crippen molar-refractivity contribution < 1.29 is 9.59 Å². The number of aromatic nitrogens is 2. The van der Waals surface area contributed by atoms with Gasteiger partial charge in [0, 0.05) is 51.1 Å². The highest BCUT2D eigenvalue weighted by Gasteiger charge is 2.32. The number of hydrogen-bond donors (Lipinski definition) is 0. The van der Waals surface area contributed by atoms with Crippen LogP contribution in [0.4, 0.5) is 0 Å². The fourth-order valence-corrected chi connectivity index (χ4v) is 7.24. The molecule has 6 heteroatoms. The number of nitrogens with zero attached hydrogens (tertiary/aromatic N) is 4. The van der Waals surface area contributed by atoms with Gasteiger partial charge in [-0.1, -0.05) is 81.8 Å². The van der Waals surface area contributed by atoms with Crippen LogP contribution in [0.25, 0.3) is 0 Å². The summed E-state index contributed by atoms with van der Waals surface area (Å²) in [4.78, 5) is 37.6. The number of fused-ring (bicyclic) bond motifs is 2. The number of amides is 1. The Kier molecular flexibility index (Phi) is 13.5. The second kappa shape index (κ2) is 17.5. The predicted octanol–water partition coefficient (Wildman–Crippen LogP) is 8.22. The van der Waals surface area contributed by atoms with E-state index < -0.39 is 0 Å². The molecular weight excluding hydrogens is 568 g/mol. The van der Waals surface area contributed by atoms with Crippen LogP contribution in [0.2, 0.25) is 0 Å². The topological polar surface area (TPSA) is 66.4 Å². The molecule has 1 saturated carbocycles. The summed E-state index contributed by atoms with van der Waals surface area (Å²) in [5, 5.41) is 0. The van der Waals surface area contributed by atoms with Crippen LogP contribution in [0.15, 0.2) is 55.0 Å². The maximum absolute atomic E-state index is 13.4. The van der Waals surface area contributed by atoms with Gasteiger partial charge < -0.3 is 9.69 Å². The van der Waals surface area contributed by atoms with Gasteiger partial charge in [0.1, 0.15) is 5.78 Å². The minimum absolute atomic E-state index is 0.0579. The van der Waals surface area contributed by atoms with Crippen LogP contribution in [0, 0.1) is 25.7 Å². The van der Waals surface area contributed by atoms with Crippen LogP contribution in [0.3, 0.4) is 0 Å². The van der Waals surface area contributed by atoms with Crippen molar-refractivity contribution >= 4 is 11.7 Å². The van der Waals surface area contributed by atoms with Gasteiger partial charge in [-0.15, -0.1) is 0 Å². The van der Waals surface area contributed by atoms with Crippen LogP contribution in [0.1, 0.15) is 117 Å². The van der Waals surface area contributed by atoms with Crippen LogP contribution in [-0.4, -0.2) is 51.6 Å². The van der Waals surface area contributed by atoms with Crippen LogP contribution >= 0.6 is 0 Å². The average molecular weight is 625 g/mol. The van der Waals surface area contributed by atoms with E-state index in [1.807, 2.05) is 36.5 Å². The van der Waals surface area contributed by atoms with Crippen molar-refractivity contribution in [2.75, 3.05) is 20.1 Å². The first-order chi connectivity index (χ1) is 22.2. The maximum Gasteiger partial charge on any atom is 0.226 e. The van der Waals surface area contributed by atoms with E-state index >= 15 is 0 Å². The van der Waals surface area contributed by atoms with Crippen molar-refractivity contribution in [3.8, 4) is 0 Å². The van der Waals surface area contributed by atoms with Gasteiger partial charge in [-0.05, 0) is 92.8 Å². The van der Waals surface area contributed by atoms with E-state index in [0.29, 0.717) is 18.9 Å². The molecule has 0 saturated heterocycles. The highest BCUT2D eigenvalue weighted by Crippen LogP contribution is 2.37. The molecule has 2 aliphatic rings. The van der Waals surface area contributed by atoms with Gasteiger partial charge >= 0.3 is 0 Å². The van der Waals surface area contributed by atoms with Crippen LogP contribution in [-0.2, 0) is 29.0 Å². The summed E-state index contributed by atoms with van der Waals surface area (Å²) in [6.07, 6.45) is 17.5. The molecule has 0 radical (unpaired) electrons. The monoisotopic (exact) mass is 624 g/mol. The molecule has 1 aromatic carbocycles. The number of aryl methyl sites for hydroxylation is 4. The van der Waals surface area contributed by atoms with E-state index in [0.717, 1.165) is 55.8 Å². The number of carbonyl (C=O) groups is 2. The van der Waals surface area contributed by atoms with Gasteiger partial charge in [0.2, 0.25) is 5.91 Å². The molecule has 0 N–H and O–H groups in total. The highest BCUT2D eigenvalue weighted by molar-refractivity contribution is 5.78. The molecule has 5 rings (SSSR count). The summed E-state index contributed by atoms with van der Waals surface area (Å²) >= 11 is 0. The Bertz CT molecular complexity index is 1360. The van der Waals surface area contributed by atoms with E-state index in [1.54, 1.807) is 13.1 Å². The number of ketones is 1. The lowest BCUT2D eigenvalue weighted by atomic mass is 9.86. The molecule has 6 nitrogen and oxygen atoms in total. The van der Waals surface area contributed by atoms with Crippen molar-refractivity contribution in [3.63, 3.8) is 0 Å². The van der Waals surface area contributed by atoms with Crippen molar-refractivity contribution in [3.05, 3.63) is 94.1 Å². The average Bonchev–Trinajstić information content (AvgIpc) is 3.20. The SMILES string of the molecule is CC(=O)CCC1CCCCC1.CCCN(CC(C)C(=O)N(C)Cc1cccnc1)C1c2ccc(C)cc2CCc2cc(C)cnc21. The van der Waals surface area contributed by atoms with Crippen LogP contribution in [0.5, 0.6) is 0 Å². The summed E-state index contributed by atoms with van der Waals surface area (Å²) in [5.41, 5.74) is 8.75. The van der Waals surface area contributed by atoms with E-state index in [1.165, 1.54) is 59.9 Å². The zero-order valence-electron chi connectivity index (χ0n) is 29.2. The van der Waals surface area contributed by atoms with Gasteiger partial charge in [0.15, 0.2) is 0 Å². The Balaban J connectivity index is 0.000000369.